The van der Waals surface area contributed by atoms with Gasteiger partial charge in [-0.15, -0.1) is 0 Å². The molecule has 1 amide bonds. The summed E-state index contributed by atoms with van der Waals surface area (Å²) in [5.74, 6) is -1.39. The highest BCUT2D eigenvalue weighted by Gasteiger charge is 2.37. The van der Waals surface area contributed by atoms with Gasteiger partial charge in [0.1, 0.15) is 5.56 Å². The lowest BCUT2D eigenvalue weighted by Gasteiger charge is -2.31. The first-order valence-corrected chi connectivity index (χ1v) is 12.3. The maximum Gasteiger partial charge on any atom is 0.392 e. The predicted octanol–water partition coefficient (Wildman–Crippen LogP) is 6.08. The first-order valence-electron chi connectivity index (χ1n) is 11.5. The van der Waals surface area contributed by atoms with Crippen LogP contribution in [0.15, 0.2) is 42.6 Å². The number of carbonyl (C=O) groups excluding carboxylic acids is 1. The molecule has 7 nitrogen and oxygen atoms in total. The highest BCUT2D eigenvalue weighted by Crippen LogP contribution is 2.37. The molecule has 2 aliphatic rings. The fraction of sp³-hybridized carbons (Fsp3) is 0.320. The maximum atomic E-state index is 13.1. The first-order chi connectivity index (χ1) is 17.6. The summed E-state index contributed by atoms with van der Waals surface area (Å²) in [6, 6.07) is 10.6. The Morgan fingerprint density at radius 3 is 2.65 bits per heavy atom. The number of rotatable bonds is 5. The van der Waals surface area contributed by atoms with Crippen molar-refractivity contribution < 1.29 is 22.7 Å². The molecule has 1 atom stereocenters. The fourth-order valence-corrected chi connectivity index (χ4v) is 4.99. The van der Waals surface area contributed by atoms with Gasteiger partial charge >= 0.3 is 6.18 Å². The number of halogens is 5. The van der Waals surface area contributed by atoms with Crippen LogP contribution in [-0.2, 0) is 13.0 Å². The SMILES string of the molecule is CC(CN1CCc2cc(Nc3ncc4c(n3)OCN(c3c(Cl)cccc3Cl)C4=O)ccc2C1)C(F)(F)F. The van der Waals surface area contributed by atoms with Crippen molar-refractivity contribution in [3.63, 3.8) is 0 Å². The van der Waals surface area contributed by atoms with Gasteiger partial charge in [-0.25, -0.2) is 4.98 Å². The van der Waals surface area contributed by atoms with Crippen LogP contribution in [0.3, 0.4) is 0 Å². The minimum absolute atomic E-state index is 0.0231. The van der Waals surface area contributed by atoms with Crippen molar-refractivity contribution in [1.82, 2.24) is 14.9 Å². The molecule has 0 spiro atoms. The minimum atomic E-state index is -4.20. The number of para-hydroxylation sites is 1. The van der Waals surface area contributed by atoms with Gasteiger partial charge in [0.25, 0.3) is 5.91 Å². The number of carbonyl (C=O) groups is 1. The number of amides is 1. The average Bonchev–Trinajstić information content (AvgIpc) is 2.85. The molecule has 3 aromatic rings. The number of hydrogen-bond donors (Lipinski definition) is 1. The molecule has 37 heavy (non-hydrogen) atoms. The lowest BCUT2D eigenvalue weighted by Crippen LogP contribution is -2.39. The third kappa shape index (κ3) is 5.32. The van der Waals surface area contributed by atoms with E-state index in [1.165, 1.54) is 18.0 Å². The van der Waals surface area contributed by atoms with Gasteiger partial charge in [0, 0.05) is 31.5 Å². The Morgan fingerprint density at radius 2 is 1.92 bits per heavy atom. The molecule has 2 aromatic carbocycles. The van der Waals surface area contributed by atoms with E-state index >= 15 is 0 Å². The van der Waals surface area contributed by atoms with Crippen LogP contribution in [0, 0.1) is 5.92 Å². The van der Waals surface area contributed by atoms with E-state index in [1.54, 1.807) is 18.2 Å². The Morgan fingerprint density at radius 1 is 1.16 bits per heavy atom. The number of benzene rings is 2. The van der Waals surface area contributed by atoms with Gasteiger partial charge in [-0.1, -0.05) is 42.3 Å². The van der Waals surface area contributed by atoms with E-state index in [0.717, 1.165) is 16.8 Å². The second-order valence-corrected chi connectivity index (χ2v) is 9.84. The minimum Gasteiger partial charge on any atom is -0.455 e. The molecule has 0 bridgehead atoms. The topological polar surface area (TPSA) is 70.6 Å². The van der Waals surface area contributed by atoms with Crippen molar-refractivity contribution >= 4 is 46.4 Å². The predicted molar refractivity (Wildman–Crippen MR) is 135 cm³/mol. The van der Waals surface area contributed by atoms with Crippen LogP contribution >= 0.6 is 23.2 Å². The molecule has 0 saturated carbocycles. The maximum absolute atomic E-state index is 13.1. The smallest absolute Gasteiger partial charge is 0.392 e. The second kappa shape index (κ2) is 10.00. The largest absolute Gasteiger partial charge is 0.455 e. The molecule has 0 fully saturated rings. The summed E-state index contributed by atoms with van der Waals surface area (Å²) in [5, 5.41) is 3.75. The summed E-state index contributed by atoms with van der Waals surface area (Å²) in [5.41, 5.74) is 3.29. The number of nitrogens with one attached hydrogen (secondary N) is 1. The van der Waals surface area contributed by atoms with E-state index in [4.69, 9.17) is 27.9 Å². The molecule has 12 heteroatoms. The van der Waals surface area contributed by atoms with Crippen molar-refractivity contribution in [2.75, 3.05) is 30.0 Å². The number of alkyl halides is 3. The molecular formula is C25H22Cl2F3N5O2. The Bertz CT molecular complexity index is 1330. The fourth-order valence-electron chi connectivity index (χ4n) is 4.39. The van der Waals surface area contributed by atoms with Gasteiger partial charge < -0.3 is 10.1 Å². The summed E-state index contributed by atoms with van der Waals surface area (Å²) in [4.78, 5) is 24.8. The molecule has 2 aliphatic heterocycles. The molecule has 1 aromatic heterocycles. The van der Waals surface area contributed by atoms with E-state index in [9.17, 15) is 18.0 Å². The van der Waals surface area contributed by atoms with Gasteiger partial charge in [0.2, 0.25) is 11.8 Å². The van der Waals surface area contributed by atoms with Crippen molar-refractivity contribution in [3.8, 4) is 5.88 Å². The Labute approximate surface area is 221 Å². The standard InChI is InChI=1S/C25H22Cl2F3N5O2/c1-14(25(28,29)30)11-34-8-7-15-9-17(6-5-16(15)12-34)32-24-31-10-18-22(33-24)37-13-35(23(18)36)21-19(26)3-2-4-20(21)27/h2-6,9-10,14H,7-8,11-13H2,1H3,(H,31,32,33). The van der Waals surface area contributed by atoms with Gasteiger partial charge in [-0.05, 0) is 41.8 Å². The highest BCUT2D eigenvalue weighted by atomic mass is 35.5. The number of fused-ring (bicyclic) bond motifs is 2. The number of ether oxygens (including phenoxy) is 1. The summed E-state index contributed by atoms with van der Waals surface area (Å²) < 4.78 is 44.5. The molecule has 0 aliphatic carbocycles. The van der Waals surface area contributed by atoms with E-state index in [2.05, 4.69) is 15.3 Å². The third-order valence-corrected chi connectivity index (χ3v) is 7.02. The van der Waals surface area contributed by atoms with Gasteiger partial charge in [0.15, 0.2) is 6.73 Å². The molecule has 3 heterocycles. The zero-order valence-electron chi connectivity index (χ0n) is 19.6. The first kappa shape index (κ1) is 25.6. The van der Waals surface area contributed by atoms with Crippen molar-refractivity contribution in [2.45, 2.75) is 26.1 Å². The van der Waals surface area contributed by atoms with Crippen LogP contribution in [0.1, 0.15) is 28.4 Å². The number of hydrogen-bond acceptors (Lipinski definition) is 6. The van der Waals surface area contributed by atoms with Gasteiger partial charge in [0.05, 0.1) is 21.7 Å². The van der Waals surface area contributed by atoms with E-state index in [-0.39, 0.29) is 36.6 Å². The van der Waals surface area contributed by atoms with E-state index in [1.807, 2.05) is 23.1 Å². The number of nitrogens with zero attached hydrogens (tertiary/aromatic N) is 4. The van der Waals surface area contributed by atoms with Crippen LogP contribution in [0.4, 0.5) is 30.5 Å². The van der Waals surface area contributed by atoms with Crippen LogP contribution in [0.25, 0.3) is 0 Å². The van der Waals surface area contributed by atoms with Gasteiger partial charge in [-0.3, -0.25) is 14.6 Å². The Balaban J connectivity index is 1.28. The number of aromatic nitrogens is 2. The summed E-state index contributed by atoms with van der Waals surface area (Å²) in [6.07, 6.45) is -2.18. The molecule has 1 N–H and O–H groups in total. The highest BCUT2D eigenvalue weighted by molar-refractivity contribution is 6.40. The van der Waals surface area contributed by atoms with Crippen LogP contribution < -0.4 is 15.0 Å². The van der Waals surface area contributed by atoms with Crippen LogP contribution in [-0.4, -0.2) is 46.8 Å². The summed E-state index contributed by atoms with van der Waals surface area (Å²) in [7, 11) is 0. The summed E-state index contributed by atoms with van der Waals surface area (Å²) in [6.45, 7) is 2.09. The van der Waals surface area contributed by atoms with Gasteiger partial charge in [-0.2, -0.15) is 18.2 Å². The molecule has 0 saturated heterocycles. The lowest BCUT2D eigenvalue weighted by atomic mass is 9.98. The van der Waals surface area contributed by atoms with Crippen molar-refractivity contribution in [3.05, 3.63) is 69.3 Å². The average molecular weight is 552 g/mol. The van der Waals surface area contributed by atoms with Crippen molar-refractivity contribution in [2.24, 2.45) is 5.92 Å². The van der Waals surface area contributed by atoms with E-state index in [0.29, 0.717) is 35.2 Å². The molecule has 0 radical (unpaired) electrons. The third-order valence-electron chi connectivity index (χ3n) is 6.41. The number of anilines is 3. The lowest BCUT2D eigenvalue weighted by molar-refractivity contribution is -0.174. The summed E-state index contributed by atoms with van der Waals surface area (Å²) >= 11 is 12.5. The van der Waals surface area contributed by atoms with Crippen LogP contribution in [0.2, 0.25) is 10.0 Å². The van der Waals surface area contributed by atoms with Crippen LogP contribution in [0.5, 0.6) is 5.88 Å². The zero-order chi connectivity index (χ0) is 26.3. The molecule has 5 rings (SSSR count). The quantitative estimate of drug-likeness (QED) is 0.414. The molecule has 1 unspecified atom stereocenters. The molecule has 194 valence electrons. The van der Waals surface area contributed by atoms with Crippen molar-refractivity contribution in [1.29, 1.82) is 0 Å². The normalized spacial score (nSPS) is 16.6. The monoisotopic (exact) mass is 551 g/mol. The molecular weight excluding hydrogens is 530 g/mol. The zero-order valence-corrected chi connectivity index (χ0v) is 21.2. The van der Waals surface area contributed by atoms with E-state index < -0.39 is 12.1 Å². The Hall–Kier alpha value is -3.08. The second-order valence-electron chi connectivity index (χ2n) is 9.03. The Kier molecular flexibility index (Phi) is 6.91.